The zero-order valence-corrected chi connectivity index (χ0v) is 17.7. The van der Waals surface area contributed by atoms with Crippen molar-refractivity contribution in [1.29, 1.82) is 0 Å². The van der Waals surface area contributed by atoms with Crippen LogP contribution in [0.1, 0.15) is 18.8 Å². The summed E-state index contributed by atoms with van der Waals surface area (Å²) in [5.74, 6) is 1.12. The second kappa shape index (κ2) is 8.10. The van der Waals surface area contributed by atoms with Crippen LogP contribution in [0, 0.1) is 0 Å². The highest BCUT2D eigenvalue weighted by atomic mass is 16.5. The maximum atomic E-state index is 13.0. The van der Waals surface area contributed by atoms with Crippen LogP contribution in [-0.2, 0) is 18.4 Å². The predicted octanol–water partition coefficient (Wildman–Crippen LogP) is 2.18. The summed E-state index contributed by atoms with van der Waals surface area (Å²) in [4.78, 5) is 30.3. The van der Waals surface area contributed by atoms with Crippen molar-refractivity contribution in [1.82, 2.24) is 24.6 Å². The Hall–Kier alpha value is -3.88. The molecule has 0 saturated carbocycles. The summed E-state index contributed by atoms with van der Waals surface area (Å²) >= 11 is 0. The minimum atomic E-state index is -0.432. The summed E-state index contributed by atoms with van der Waals surface area (Å²) in [5, 5.41) is 7.95. The second-order valence-corrected chi connectivity index (χ2v) is 7.18. The lowest BCUT2D eigenvalue weighted by Gasteiger charge is -2.15. The highest BCUT2D eigenvalue weighted by molar-refractivity contribution is 5.89. The largest absolute Gasteiger partial charge is 0.493 e. The van der Waals surface area contributed by atoms with E-state index in [0.717, 1.165) is 21.5 Å². The molecule has 0 saturated heterocycles. The molecule has 0 aliphatic rings. The quantitative estimate of drug-likeness (QED) is 0.512. The first-order valence-electron chi connectivity index (χ1n) is 9.76. The molecule has 1 amide bonds. The molecule has 9 heteroatoms. The smallest absolute Gasteiger partial charge is 0.279 e. The molecule has 4 rings (SSSR count). The van der Waals surface area contributed by atoms with Crippen molar-refractivity contribution in [2.75, 3.05) is 14.2 Å². The number of ether oxygens (including phenoxy) is 2. The number of para-hydroxylation sites is 2. The van der Waals surface area contributed by atoms with Gasteiger partial charge in [-0.1, -0.05) is 12.1 Å². The number of nitrogens with one attached hydrogen (secondary N) is 1. The Morgan fingerprint density at radius 1 is 1.16 bits per heavy atom. The number of aromatic nitrogens is 4. The summed E-state index contributed by atoms with van der Waals surface area (Å²) < 4.78 is 13.7. The molecule has 160 valence electrons. The van der Waals surface area contributed by atoms with E-state index in [2.05, 4.69) is 15.4 Å². The fraction of sp³-hybridized carbons (Fsp3) is 0.273. The van der Waals surface area contributed by atoms with Crippen LogP contribution in [0.4, 0.5) is 0 Å². The van der Waals surface area contributed by atoms with Gasteiger partial charge in [0.2, 0.25) is 5.91 Å². The highest BCUT2D eigenvalue weighted by Crippen LogP contribution is 2.32. The Kier molecular flexibility index (Phi) is 5.33. The summed E-state index contributed by atoms with van der Waals surface area (Å²) in [6.45, 7) is 1.62. The number of rotatable bonds is 6. The van der Waals surface area contributed by atoms with E-state index in [1.807, 2.05) is 42.8 Å². The van der Waals surface area contributed by atoms with E-state index in [9.17, 15) is 9.59 Å². The van der Waals surface area contributed by atoms with E-state index >= 15 is 0 Å². The lowest BCUT2D eigenvalue weighted by molar-refractivity contribution is -0.122. The SMILES string of the molecule is COc1ccc2cnn(CC(=O)N[C@@H](C)c3nc4ccccc4n3C)c(=O)c2c1OC. The van der Waals surface area contributed by atoms with Crippen molar-refractivity contribution in [2.45, 2.75) is 19.5 Å². The van der Waals surface area contributed by atoms with E-state index in [-0.39, 0.29) is 18.5 Å². The maximum absolute atomic E-state index is 13.0. The van der Waals surface area contributed by atoms with Crippen LogP contribution in [0.5, 0.6) is 11.5 Å². The number of carbonyl (C=O) groups excluding carboxylic acids is 1. The number of nitrogens with zero attached hydrogens (tertiary/aromatic N) is 4. The van der Waals surface area contributed by atoms with Gasteiger partial charge in [0.05, 0.1) is 42.9 Å². The first kappa shape index (κ1) is 20.4. The van der Waals surface area contributed by atoms with Gasteiger partial charge in [0, 0.05) is 12.4 Å². The number of carbonyl (C=O) groups is 1. The Balaban J connectivity index is 1.60. The zero-order chi connectivity index (χ0) is 22.1. The summed E-state index contributed by atoms with van der Waals surface area (Å²) in [5.41, 5.74) is 1.40. The highest BCUT2D eigenvalue weighted by Gasteiger charge is 2.19. The third-order valence-electron chi connectivity index (χ3n) is 5.24. The molecule has 2 aromatic heterocycles. The number of fused-ring (bicyclic) bond motifs is 2. The Morgan fingerprint density at radius 3 is 2.65 bits per heavy atom. The third-order valence-corrected chi connectivity index (χ3v) is 5.24. The first-order valence-corrected chi connectivity index (χ1v) is 9.76. The molecular weight excluding hydrogens is 398 g/mol. The van der Waals surface area contributed by atoms with Crippen LogP contribution < -0.4 is 20.3 Å². The molecule has 0 aliphatic heterocycles. The summed E-state index contributed by atoms with van der Waals surface area (Å²) in [6, 6.07) is 10.8. The number of imidazole rings is 1. The van der Waals surface area contributed by atoms with Crippen LogP contribution in [0.3, 0.4) is 0 Å². The summed E-state index contributed by atoms with van der Waals surface area (Å²) in [6.07, 6.45) is 1.53. The Bertz CT molecular complexity index is 1340. The van der Waals surface area contributed by atoms with E-state index < -0.39 is 5.56 Å². The molecule has 0 unspecified atom stereocenters. The zero-order valence-electron chi connectivity index (χ0n) is 17.7. The van der Waals surface area contributed by atoms with Crippen LogP contribution in [0.2, 0.25) is 0 Å². The molecule has 0 fully saturated rings. The van der Waals surface area contributed by atoms with E-state index in [1.165, 1.54) is 20.4 Å². The first-order chi connectivity index (χ1) is 14.9. The minimum Gasteiger partial charge on any atom is -0.493 e. The number of hydrogen-bond donors (Lipinski definition) is 1. The van der Waals surface area contributed by atoms with Crippen LogP contribution >= 0.6 is 0 Å². The number of hydrogen-bond acceptors (Lipinski definition) is 6. The van der Waals surface area contributed by atoms with Gasteiger partial charge in [0.15, 0.2) is 11.5 Å². The third kappa shape index (κ3) is 3.58. The fourth-order valence-corrected chi connectivity index (χ4v) is 3.74. The van der Waals surface area contributed by atoms with Crippen molar-refractivity contribution in [3.8, 4) is 11.5 Å². The minimum absolute atomic E-state index is 0.233. The standard InChI is InChI=1S/C22H23N5O4/c1-13(21-25-15-7-5-6-8-16(15)26(21)2)24-18(28)12-27-22(29)19-14(11-23-27)9-10-17(30-3)20(19)31-4/h5-11,13H,12H2,1-4H3,(H,24,28)/t13-/m0/s1. The lowest BCUT2D eigenvalue weighted by Crippen LogP contribution is -2.35. The van der Waals surface area contributed by atoms with Gasteiger partial charge < -0.3 is 19.4 Å². The maximum Gasteiger partial charge on any atom is 0.279 e. The van der Waals surface area contributed by atoms with Crippen molar-refractivity contribution in [3.63, 3.8) is 0 Å². The normalized spacial score (nSPS) is 12.1. The number of methoxy groups -OCH3 is 2. The van der Waals surface area contributed by atoms with Crippen molar-refractivity contribution in [3.05, 3.63) is 58.8 Å². The van der Waals surface area contributed by atoms with Crippen molar-refractivity contribution in [2.24, 2.45) is 7.05 Å². The van der Waals surface area contributed by atoms with Gasteiger partial charge in [-0.2, -0.15) is 5.10 Å². The van der Waals surface area contributed by atoms with Crippen molar-refractivity contribution < 1.29 is 14.3 Å². The van der Waals surface area contributed by atoms with Gasteiger partial charge in [0.25, 0.3) is 5.56 Å². The van der Waals surface area contributed by atoms with E-state index in [0.29, 0.717) is 22.3 Å². The molecular formula is C22H23N5O4. The molecule has 1 atom stereocenters. The predicted molar refractivity (Wildman–Crippen MR) is 116 cm³/mol. The van der Waals surface area contributed by atoms with Gasteiger partial charge >= 0.3 is 0 Å². The second-order valence-electron chi connectivity index (χ2n) is 7.18. The monoisotopic (exact) mass is 421 g/mol. The molecule has 9 nitrogen and oxygen atoms in total. The summed E-state index contributed by atoms with van der Waals surface area (Å²) in [7, 11) is 4.87. The van der Waals surface area contributed by atoms with Gasteiger partial charge in [-0.3, -0.25) is 9.59 Å². The molecule has 0 bridgehead atoms. The molecule has 4 aromatic rings. The molecule has 2 heterocycles. The molecule has 31 heavy (non-hydrogen) atoms. The van der Waals surface area contributed by atoms with E-state index in [1.54, 1.807) is 12.1 Å². The molecule has 0 radical (unpaired) electrons. The van der Waals surface area contributed by atoms with Gasteiger partial charge in [-0.05, 0) is 31.2 Å². The molecule has 1 N–H and O–H groups in total. The van der Waals surface area contributed by atoms with E-state index in [4.69, 9.17) is 9.47 Å². The number of benzene rings is 2. The topological polar surface area (TPSA) is 100 Å². The molecule has 0 spiro atoms. The Morgan fingerprint density at radius 2 is 1.94 bits per heavy atom. The fourth-order valence-electron chi connectivity index (χ4n) is 3.74. The Labute approximate surface area is 178 Å². The molecule has 2 aromatic carbocycles. The number of aryl methyl sites for hydroxylation is 1. The van der Waals surface area contributed by atoms with Crippen LogP contribution in [-0.4, -0.2) is 39.5 Å². The van der Waals surface area contributed by atoms with Gasteiger partial charge in [-0.25, -0.2) is 9.67 Å². The van der Waals surface area contributed by atoms with Crippen LogP contribution in [0.25, 0.3) is 21.8 Å². The van der Waals surface area contributed by atoms with Crippen molar-refractivity contribution >= 4 is 27.7 Å². The van der Waals surface area contributed by atoms with Gasteiger partial charge in [0.1, 0.15) is 12.4 Å². The van der Waals surface area contributed by atoms with Gasteiger partial charge in [-0.15, -0.1) is 0 Å². The molecule has 0 aliphatic carbocycles. The average Bonchev–Trinajstić information content (AvgIpc) is 3.11. The lowest BCUT2D eigenvalue weighted by atomic mass is 10.1. The number of amides is 1. The average molecular weight is 421 g/mol. The van der Waals surface area contributed by atoms with Crippen LogP contribution in [0.15, 0.2) is 47.4 Å².